The van der Waals surface area contributed by atoms with Crippen molar-refractivity contribution in [3.8, 4) is 11.1 Å². The van der Waals surface area contributed by atoms with Crippen LogP contribution in [0, 0.1) is 0 Å². The number of rotatable bonds is 6. The topological polar surface area (TPSA) is 104 Å². The van der Waals surface area contributed by atoms with E-state index in [0.717, 1.165) is 11.1 Å². The van der Waals surface area contributed by atoms with Crippen LogP contribution in [0.2, 0.25) is 0 Å². The molecule has 1 aliphatic heterocycles. The minimum atomic E-state index is -4.53. The molecule has 0 spiro atoms. The number of benzene rings is 4. The van der Waals surface area contributed by atoms with Gasteiger partial charge in [-0.2, -0.15) is 8.42 Å². The molecule has 40 heavy (non-hydrogen) atoms. The van der Waals surface area contributed by atoms with Crippen molar-refractivity contribution in [2.24, 2.45) is 0 Å². The van der Waals surface area contributed by atoms with Crippen molar-refractivity contribution >= 4 is 45.1 Å². The summed E-state index contributed by atoms with van der Waals surface area (Å²) in [6.07, 6.45) is 0.387. The largest absolute Gasteiger partial charge is 0.322 e. The van der Waals surface area contributed by atoms with Gasteiger partial charge < -0.3 is 10.2 Å². The molecular weight excluding hydrogens is 544 g/mol. The molecule has 9 heteroatoms. The Hall–Kier alpha value is -4.18. The number of para-hydroxylation sites is 1. The summed E-state index contributed by atoms with van der Waals surface area (Å²) in [4.78, 5) is 29.2. The summed E-state index contributed by atoms with van der Waals surface area (Å²) in [7, 11) is -4.53. The molecule has 7 nitrogen and oxygen atoms in total. The molecule has 2 N–H and O–H groups in total. The van der Waals surface area contributed by atoms with Crippen molar-refractivity contribution in [3.05, 3.63) is 124 Å². The fraction of sp³-hybridized carbons (Fsp3) is 0.0968. The van der Waals surface area contributed by atoms with E-state index in [1.165, 1.54) is 16.7 Å². The maximum Gasteiger partial charge on any atom is 0.293 e. The summed E-state index contributed by atoms with van der Waals surface area (Å²) < 4.78 is 34.4. The third-order valence-electron chi connectivity index (χ3n) is 6.53. The summed E-state index contributed by atoms with van der Waals surface area (Å²) in [5.41, 5.74) is 3.61. The lowest BCUT2D eigenvalue weighted by molar-refractivity contribution is 0.0987. The Morgan fingerprint density at radius 3 is 2.23 bits per heavy atom. The maximum atomic E-state index is 13.7. The number of thioether (sulfide) groups is 1. The zero-order chi connectivity index (χ0) is 28.3. The minimum absolute atomic E-state index is 0.189. The molecule has 0 aliphatic carbocycles. The molecule has 202 valence electrons. The van der Waals surface area contributed by atoms with E-state index < -0.39 is 16.0 Å². The van der Waals surface area contributed by atoms with Gasteiger partial charge in [-0.25, -0.2) is 0 Å². The molecule has 0 radical (unpaired) electrons. The number of anilines is 2. The quantitative estimate of drug-likeness (QED) is 0.245. The first-order valence-corrected chi connectivity index (χ1v) is 14.9. The molecule has 1 heterocycles. The normalized spacial score (nSPS) is 13.4. The van der Waals surface area contributed by atoms with Gasteiger partial charge >= 0.3 is 0 Å². The van der Waals surface area contributed by atoms with Crippen LogP contribution in [0.3, 0.4) is 0 Å². The van der Waals surface area contributed by atoms with E-state index in [4.69, 9.17) is 0 Å². The third kappa shape index (κ3) is 5.72. The van der Waals surface area contributed by atoms with Gasteiger partial charge in [-0.1, -0.05) is 79.3 Å². The van der Waals surface area contributed by atoms with Crippen LogP contribution in [0.15, 0.2) is 118 Å². The number of fused-ring (bicyclic) bond motifs is 1. The summed E-state index contributed by atoms with van der Waals surface area (Å²) in [5, 5.41) is 2.89. The van der Waals surface area contributed by atoms with Gasteiger partial charge in [-0.05, 0) is 60.0 Å². The highest BCUT2D eigenvalue weighted by molar-refractivity contribution is 8.04. The molecule has 1 aliphatic rings. The zero-order valence-corrected chi connectivity index (χ0v) is 23.2. The molecule has 0 aromatic heterocycles. The highest BCUT2D eigenvalue weighted by Gasteiger charge is 2.31. The van der Waals surface area contributed by atoms with Gasteiger partial charge in [0.2, 0.25) is 0 Å². The van der Waals surface area contributed by atoms with Crippen LogP contribution in [0.25, 0.3) is 11.1 Å². The highest BCUT2D eigenvalue weighted by Crippen LogP contribution is 2.42. The van der Waals surface area contributed by atoms with Gasteiger partial charge in [0.15, 0.2) is 0 Å². The van der Waals surface area contributed by atoms with Crippen molar-refractivity contribution < 1.29 is 22.6 Å². The zero-order valence-electron chi connectivity index (χ0n) is 21.6. The first-order chi connectivity index (χ1) is 19.3. The van der Waals surface area contributed by atoms with Crippen molar-refractivity contribution in [1.29, 1.82) is 0 Å². The fourth-order valence-electron chi connectivity index (χ4n) is 4.55. The van der Waals surface area contributed by atoms with E-state index in [1.807, 2.05) is 54.6 Å². The lowest BCUT2D eigenvalue weighted by atomic mass is 9.99. The van der Waals surface area contributed by atoms with Gasteiger partial charge in [0.1, 0.15) is 4.91 Å². The monoisotopic (exact) mass is 570 g/mol. The Bertz CT molecular complexity index is 1720. The predicted octanol–water partition coefficient (Wildman–Crippen LogP) is 6.87. The molecule has 0 fully saturated rings. The highest BCUT2D eigenvalue weighted by atomic mass is 32.2. The number of amides is 2. The second kappa shape index (κ2) is 11.5. The Balaban J connectivity index is 1.41. The Labute approximate surface area is 237 Å². The van der Waals surface area contributed by atoms with E-state index in [2.05, 4.69) is 5.32 Å². The van der Waals surface area contributed by atoms with Crippen LogP contribution in [-0.2, 0) is 10.1 Å². The second-order valence-electron chi connectivity index (χ2n) is 9.08. The van der Waals surface area contributed by atoms with Gasteiger partial charge in [0.05, 0.1) is 12.2 Å². The van der Waals surface area contributed by atoms with Gasteiger partial charge in [0, 0.05) is 26.6 Å². The van der Waals surface area contributed by atoms with E-state index in [-0.39, 0.29) is 17.4 Å². The average Bonchev–Trinajstić information content (AvgIpc) is 3.15. The van der Waals surface area contributed by atoms with Crippen LogP contribution in [0.1, 0.15) is 34.1 Å². The molecule has 0 atom stereocenters. The van der Waals surface area contributed by atoms with Crippen LogP contribution < -0.4 is 10.2 Å². The van der Waals surface area contributed by atoms with Crippen molar-refractivity contribution in [3.63, 3.8) is 0 Å². The summed E-state index contributed by atoms with van der Waals surface area (Å²) in [5.74, 6) is -0.717. The second-order valence-corrected chi connectivity index (χ2v) is 11.7. The number of hydrogen-bond donors (Lipinski definition) is 2. The van der Waals surface area contributed by atoms with Crippen LogP contribution in [-0.4, -0.2) is 31.3 Å². The smallest absolute Gasteiger partial charge is 0.293 e. The first-order valence-electron chi connectivity index (χ1n) is 12.6. The number of carbonyl (C=O) groups excluding carboxylic acids is 2. The number of nitrogens with one attached hydrogen (secondary N) is 1. The molecular formula is C31H26N2O5S2. The molecule has 0 saturated carbocycles. The first kappa shape index (κ1) is 27.4. The fourth-order valence-corrected chi connectivity index (χ4v) is 6.73. The number of allylic oxidation sites excluding steroid dienone is 1. The number of carbonyl (C=O) groups is 2. The van der Waals surface area contributed by atoms with Crippen molar-refractivity contribution in [1.82, 2.24) is 0 Å². The lowest BCUT2D eigenvalue weighted by Gasteiger charge is -2.23. The Morgan fingerprint density at radius 1 is 0.875 bits per heavy atom. The van der Waals surface area contributed by atoms with E-state index in [0.29, 0.717) is 38.7 Å². The molecule has 4 aromatic carbocycles. The summed E-state index contributed by atoms with van der Waals surface area (Å²) >= 11 is 1.23. The standard InChI is InChI=1S/C31H26N2O5S2/c1-2-27-29(40(36,37)38)20-33(26-14-8-9-15-28(26)39-27)31(35)22-16-18-23(19-17-22)32-30(34)25-13-7-6-12-24(25)21-10-4-3-5-11-21/h3-19H,2,20H2,1H3,(H,32,34)(H,36,37,38). The van der Waals surface area contributed by atoms with E-state index in [9.17, 15) is 22.6 Å². The number of nitrogens with zero attached hydrogens (tertiary/aromatic N) is 1. The van der Waals surface area contributed by atoms with Gasteiger partial charge in [-0.3, -0.25) is 14.1 Å². The average molecular weight is 571 g/mol. The predicted molar refractivity (Wildman–Crippen MR) is 159 cm³/mol. The van der Waals surface area contributed by atoms with Gasteiger partial charge in [0.25, 0.3) is 21.9 Å². The van der Waals surface area contributed by atoms with Crippen LogP contribution >= 0.6 is 11.8 Å². The van der Waals surface area contributed by atoms with Crippen molar-refractivity contribution in [2.75, 3.05) is 16.8 Å². The number of hydrogen-bond acceptors (Lipinski definition) is 5. The molecule has 0 bridgehead atoms. The lowest BCUT2D eigenvalue weighted by Crippen LogP contribution is -2.34. The molecule has 0 saturated heterocycles. The van der Waals surface area contributed by atoms with Crippen LogP contribution in [0.5, 0.6) is 0 Å². The van der Waals surface area contributed by atoms with Crippen molar-refractivity contribution in [2.45, 2.75) is 18.2 Å². The third-order valence-corrected chi connectivity index (χ3v) is 9.00. The molecule has 2 amide bonds. The summed E-state index contributed by atoms with van der Waals surface area (Å²) in [6, 6.07) is 30.5. The molecule has 5 rings (SSSR count). The maximum absolute atomic E-state index is 13.7. The van der Waals surface area contributed by atoms with E-state index in [1.54, 1.807) is 55.5 Å². The Morgan fingerprint density at radius 2 is 1.52 bits per heavy atom. The van der Waals surface area contributed by atoms with Crippen LogP contribution in [0.4, 0.5) is 11.4 Å². The SMILES string of the molecule is CCC1=C(S(=O)(=O)O)CN(C(=O)c2ccc(NC(=O)c3ccccc3-c3ccccc3)cc2)c2ccccc2S1. The van der Waals surface area contributed by atoms with Gasteiger partial charge in [-0.15, -0.1) is 0 Å². The Kier molecular flexibility index (Phi) is 7.88. The molecule has 4 aromatic rings. The molecule has 0 unspecified atom stereocenters. The van der Waals surface area contributed by atoms with E-state index >= 15 is 0 Å². The minimum Gasteiger partial charge on any atom is -0.322 e. The summed E-state index contributed by atoms with van der Waals surface area (Å²) in [6.45, 7) is 1.51.